The smallest absolute Gasteiger partial charge is 0.233 e. The summed E-state index contributed by atoms with van der Waals surface area (Å²) in [5.41, 5.74) is 0.917. The SMILES string of the molecule is CCCCCCNc1nc(Nc2ccc(OCC)cc2)nc(N(C)CCCCCC)n1. The van der Waals surface area contributed by atoms with Crippen LogP contribution in [-0.4, -0.2) is 41.7 Å². The van der Waals surface area contributed by atoms with Crippen LogP contribution >= 0.6 is 0 Å². The molecule has 0 aliphatic carbocycles. The highest BCUT2D eigenvalue weighted by Gasteiger charge is 2.11. The molecule has 7 heteroatoms. The van der Waals surface area contributed by atoms with Gasteiger partial charge in [-0.05, 0) is 44.0 Å². The number of benzene rings is 1. The average Bonchev–Trinajstić information content (AvgIpc) is 2.78. The number of unbranched alkanes of at least 4 members (excludes halogenated alkanes) is 6. The minimum Gasteiger partial charge on any atom is -0.494 e. The average molecular weight is 429 g/mol. The van der Waals surface area contributed by atoms with Crippen LogP contribution in [0.25, 0.3) is 0 Å². The Hall–Kier alpha value is -2.57. The topological polar surface area (TPSA) is 75.2 Å². The van der Waals surface area contributed by atoms with Crippen LogP contribution in [-0.2, 0) is 0 Å². The molecule has 31 heavy (non-hydrogen) atoms. The zero-order valence-electron chi connectivity index (χ0n) is 19.8. The monoisotopic (exact) mass is 428 g/mol. The highest BCUT2D eigenvalue weighted by Crippen LogP contribution is 2.20. The molecule has 0 amide bonds. The van der Waals surface area contributed by atoms with Crippen LogP contribution < -0.4 is 20.3 Å². The molecule has 0 atom stereocenters. The van der Waals surface area contributed by atoms with Crippen molar-refractivity contribution in [3.8, 4) is 5.75 Å². The Kier molecular flexibility index (Phi) is 11.5. The third-order valence-electron chi connectivity index (χ3n) is 5.05. The first-order valence-electron chi connectivity index (χ1n) is 11.9. The second kappa shape index (κ2) is 14.4. The van der Waals surface area contributed by atoms with Gasteiger partial charge in [-0.2, -0.15) is 15.0 Å². The molecule has 0 radical (unpaired) electrons. The second-order valence-electron chi connectivity index (χ2n) is 7.83. The van der Waals surface area contributed by atoms with Crippen molar-refractivity contribution >= 4 is 23.5 Å². The fraction of sp³-hybridized carbons (Fsp3) is 0.625. The molecule has 0 fully saturated rings. The summed E-state index contributed by atoms with van der Waals surface area (Å²) in [6.07, 6.45) is 9.69. The minimum absolute atomic E-state index is 0.547. The number of aromatic nitrogens is 3. The molecule has 2 aromatic rings. The zero-order valence-corrected chi connectivity index (χ0v) is 19.8. The number of nitrogens with one attached hydrogen (secondary N) is 2. The van der Waals surface area contributed by atoms with Gasteiger partial charge in [-0.3, -0.25) is 0 Å². The van der Waals surface area contributed by atoms with Crippen LogP contribution in [0.15, 0.2) is 24.3 Å². The van der Waals surface area contributed by atoms with Crippen molar-refractivity contribution in [1.82, 2.24) is 15.0 Å². The highest BCUT2D eigenvalue weighted by atomic mass is 16.5. The van der Waals surface area contributed by atoms with Gasteiger partial charge in [0.2, 0.25) is 17.8 Å². The lowest BCUT2D eigenvalue weighted by Gasteiger charge is -2.19. The number of nitrogens with zero attached hydrogens (tertiary/aromatic N) is 4. The fourth-order valence-electron chi connectivity index (χ4n) is 3.23. The van der Waals surface area contributed by atoms with Crippen LogP contribution in [0, 0.1) is 0 Å². The first kappa shape index (κ1) is 24.7. The molecular formula is C24H40N6O. The first-order chi connectivity index (χ1) is 15.2. The second-order valence-corrected chi connectivity index (χ2v) is 7.83. The lowest BCUT2D eigenvalue weighted by Crippen LogP contribution is -2.22. The summed E-state index contributed by atoms with van der Waals surface area (Å²) in [4.78, 5) is 16.0. The molecule has 0 saturated carbocycles. The number of ether oxygens (including phenoxy) is 1. The van der Waals surface area contributed by atoms with Crippen LogP contribution in [0.1, 0.15) is 72.1 Å². The molecule has 1 aromatic heterocycles. The maximum absolute atomic E-state index is 5.52. The lowest BCUT2D eigenvalue weighted by atomic mass is 10.2. The van der Waals surface area contributed by atoms with Crippen LogP contribution in [0.5, 0.6) is 5.75 Å². The summed E-state index contributed by atoms with van der Waals surface area (Å²) < 4.78 is 5.52. The summed E-state index contributed by atoms with van der Waals surface area (Å²) in [6.45, 7) is 8.89. The largest absolute Gasteiger partial charge is 0.494 e. The number of rotatable bonds is 16. The minimum atomic E-state index is 0.547. The van der Waals surface area contributed by atoms with Crippen molar-refractivity contribution in [2.24, 2.45) is 0 Å². The van der Waals surface area contributed by atoms with E-state index in [-0.39, 0.29) is 0 Å². The lowest BCUT2D eigenvalue weighted by molar-refractivity contribution is 0.340. The van der Waals surface area contributed by atoms with Crippen molar-refractivity contribution in [2.45, 2.75) is 72.1 Å². The molecule has 2 N–H and O–H groups in total. The Morgan fingerprint density at radius 3 is 2.16 bits per heavy atom. The summed E-state index contributed by atoms with van der Waals surface area (Å²) in [6, 6.07) is 7.84. The molecule has 0 aliphatic heterocycles. The third-order valence-corrected chi connectivity index (χ3v) is 5.05. The van der Waals surface area contributed by atoms with Gasteiger partial charge in [0.15, 0.2) is 0 Å². The van der Waals surface area contributed by atoms with E-state index in [0.29, 0.717) is 24.5 Å². The van der Waals surface area contributed by atoms with E-state index < -0.39 is 0 Å². The Morgan fingerprint density at radius 2 is 1.48 bits per heavy atom. The van der Waals surface area contributed by atoms with E-state index in [1.54, 1.807) is 0 Å². The van der Waals surface area contributed by atoms with Gasteiger partial charge in [-0.1, -0.05) is 52.4 Å². The van der Waals surface area contributed by atoms with Gasteiger partial charge < -0.3 is 20.3 Å². The van der Waals surface area contributed by atoms with Gasteiger partial charge in [0.25, 0.3) is 0 Å². The molecule has 0 bridgehead atoms. The van der Waals surface area contributed by atoms with Crippen molar-refractivity contribution in [1.29, 1.82) is 0 Å². The van der Waals surface area contributed by atoms with E-state index >= 15 is 0 Å². The van der Waals surface area contributed by atoms with E-state index in [9.17, 15) is 0 Å². The fourth-order valence-corrected chi connectivity index (χ4v) is 3.23. The molecule has 2 rings (SSSR count). The van der Waals surface area contributed by atoms with E-state index in [1.165, 1.54) is 38.5 Å². The number of hydrogen-bond acceptors (Lipinski definition) is 7. The predicted octanol–water partition coefficient (Wildman–Crippen LogP) is 6.02. The van der Waals surface area contributed by atoms with Gasteiger partial charge in [-0.15, -0.1) is 0 Å². The van der Waals surface area contributed by atoms with Crippen molar-refractivity contribution in [3.05, 3.63) is 24.3 Å². The van der Waals surface area contributed by atoms with Crippen molar-refractivity contribution in [2.75, 3.05) is 42.3 Å². The maximum atomic E-state index is 5.52. The first-order valence-corrected chi connectivity index (χ1v) is 11.9. The molecule has 7 nitrogen and oxygen atoms in total. The van der Waals surface area contributed by atoms with E-state index in [4.69, 9.17) is 4.74 Å². The van der Waals surface area contributed by atoms with Gasteiger partial charge in [-0.25, -0.2) is 0 Å². The Labute approximate surface area is 188 Å². The van der Waals surface area contributed by atoms with Gasteiger partial charge in [0.05, 0.1) is 6.61 Å². The van der Waals surface area contributed by atoms with E-state index in [1.807, 2.05) is 38.2 Å². The van der Waals surface area contributed by atoms with Gasteiger partial charge >= 0.3 is 0 Å². The molecule has 1 aromatic carbocycles. The Bertz CT molecular complexity index is 737. The molecule has 0 spiro atoms. The van der Waals surface area contributed by atoms with Gasteiger partial charge in [0, 0.05) is 25.8 Å². The molecule has 0 saturated heterocycles. The normalized spacial score (nSPS) is 10.7. The summed E-state index contributed by atoms with van der Waals surface area (Å²) in [5, 5.41) is 6.69. The van der Waals surface area contributed by atoms with Crippen molar-refractivity contribution in [3.63, 3.8) is 0 Å². The zero-order chi connectivity index (χ0) is 22.3. The van der Waals surface area contributed by atoms with Gasteiger partial charge in [0.1, 0.15) is 5.75 Å². The number of anilines is 4. The molecular weight excluding hydrogens is 388 g/mol. The number of hydrogen-bond donors (Lipinski definition) is 2. The maximum Gasteiger partial charge on any atom is 0.233 e. The molecule has 0 unspecified atom stereocenters. The molecule has 172 valence electrons. The van der Waals surface area contributed by atoms with Crippen LogP contribution in [0.4, 0.5) is 23.5 Å². The Morgan fingerprint density at radius 1 is 0.806 bits per heavy atom. The third kappa shape index (κ3) is 9.40. The molecule has 0 aliphatic rings. The standard InChI is InChI=1S/C24H40N6O/c1-5-8-10-12-18-25-22-27-23(26-20-14-16-21(17-15-20)31-7-3)29-24(28-22)30(4)19-13-11-9-6-2/h14-17H,5-13,18-19H2,1-4H3,(H2,25,26,27,28,29). The predicted molar refractivity (Wildman–Crippen MR) is 131 cm³/mol. The Balaban J connectivity index is 2.09. The quantitative estimate of drug-likeness (QED) is 0.316. The summed E-state index contributed by atoms with van der Waals surface area (Å²) >= 11 is 0. The van der Waals surface area contributed by atoms with Crippen LogP contribution in [0.2, 0.25) is 0 Å². The van der Waals surface area contributed by atoms with Crippen molar-refractivity contribution < 1.29 is 4.74 Å². The van der Waals surface area contributed by atoms with E-state index in [2.05, 4.69) is 44.3 Å². The molecule has 1 heterocycles. The highest BCUT2D eigenvalue weighted by molar-refractivity contribution is 5.56. The van der Waals surface area contributed by atoms with E-state index in [0.717, 1.165) is 37.4 Å². The summed E-state index contributed by atoms with van der Waals surface area (Å²) in [7, 11) is 2.05. The summed E-state index contributed by atoms with van der Waals surface area (Å²) in [5.74, 6) is 2.71. The van der Waals surface area contributed by atoms with Crippen LogP contribution in [0.3, 0.4) is 0 Å².